The normalized spacial score (nSPS) is 11.1. The van der Waals surface area contributed by atoms with Crippen LogP contribution in [0.4, 0.5) is 0 Å². The second-order valence-electron chi connectivity index (χ2n) is 4.20. The molecule has 0 fully saturated rings. The molecule has 0 aromatic carbocycles. The van der Waals surface area contributed by atoms with Crippen LogP contribution in [-0.2, 0) is 9.59 Å². The van der Waals surface area contributed by atoms with Gasteiger partial charge in [0.2, 0.25) is 11.8 Å². The molecular weight excluding hydrogens is 320 g/mol. The lowest BCUT2D eigenvalue weighted by molar-refractivity contribution is -0.126. The zero-order valence-electron chi connectivity index (χ0n) is 11.6. The Morgan fingerprint density at radius 1 is 0.909 bits per heavy atom. The molecular formula is C14H14N4O2S2. The molecule has 2 aromatic heterocycles. The monoisotopic (exact) mass is 334 g/mol. The van der Waals surface area contributed by atoms with Crippen molar-refractivity contribution in [2.75, 3.05) is 0 Å². The number of hydrogen-bond acceptors (Lipinski definition) is 6. The first kappa shape index (κ1) is 16.1. The summed E-state index contributed by atoms with van der Waals surface area (Å²) in [5, 5.41) is 15.3. The summed E-state index contributed by atoms with van der Waals surface area (Å²) in [6.07, 6.45) is 3.22. The van der Waals surface area contributed by atoms with Gasteiger partial charge in [0.1, 0.15) is 0 Å². The lowest BCUT2D eigenvalue weighted by Crippen LogP contribution is -2.22. The number of carbonyl (C=O) groups excluding carboxylic acids is 2. The van der Waals surface area contributed by atoms with Crippen LogP contribution in [0.25, 0.3) is 0 Å². The van der Waals surface area contributed by atoms with Gasteiger partial charge in [0.25, 0.3) is 0 Å². The number of nitrogens with zero attached hydrogens (tertiary/aromatic N) is 2. The minimum Gasteiger partial charge on any atom is -0.273 e. The molecule has 0 bridgehead atoms. The van der Waals surface area contributed by atoms with E-state index < -0.39 is 0 Å². The largest absolute Gasteiger partial charge is 0.273 e. The average Bonchev–Trinajstić information content (AvgIpc) is 3.18. The Kier molecular flexibility index (Phi) is 6.46. The van der Waals surface area contributed by atoms with Crippen molar-refractivity contribution in [3.8, 4) is 0 Å². The fourth-order valence-corrected chi connectivity index (χ4v) is 2.62. The second-order valence-corrected chi connectivity index (χ2v) is 5.76. The molecule has 0 unspecified atom stereocenters. The second kappa shape index (κ2) is 8.85. The average molecular weight is 334 g/mol. The fourth-order valence-electron chi connectivity index (χ4n) is 1.39. The van der Waals surface area contributed by atoms with Crippen LogP contribution >= 0.6 is 22.7 Å². The first-order valence-corrected chi connectivity index (χ1v) is 8.31. The first-order chi connectivity index (χ1) is 10.7. The van der Waals surface area contributed by atoms with E-state index in [1.165, 1.54) is 0 Å². The van der Waals surface area contributed by atoms with E-state index in [1.807, 2.05) is 33.7 Å². The lowest BCUT2D eigenvalue weighted by Gasteiger charge is -1.99. The summed E-state index contributed by atoms with van der Waals surface area (Å²) in [5.41, 5.74) is 6.59. The van der Waals surface area contributed by atoms with Crippen LogP contribution in [0.3, 0.4) is 0 Å². The quantitative estimate of drug-likeness (QED) is 0.601. The summed E-state index contributed by atoms with van der Waals surface area (Å²) in [6.45, 7) is 0. The summed E-state index contributed by atoms with van der Waals surface area (Å²) in [6, 6.07) is 3.78. The van der Waals surface area contributed by atoms with Crippen molar-refractivity contribution in [3.63, 3.8) is 0 Å². The van der Waals surface area contributed by atoms with E-state index in [9.17, 15) is 9.59 Å². The van der Waals surface area contributed by atoms with Crippen molar-refractivity contribution < 1.29 is 9.59 Å². The van der Waals surface area contributed by atoms with Gasteiger partial charge in [-0.3, -0.25) is 9.59 Å². The van der Waals surface area contributed by atoms with E-state index >= 15 is 0 Å². The molecule has 0 atom stereocenters. The van der Waals surface area contributed by atoms with E-state index in [0.29, 0.717) is 0 Å². The molecule has 8 heteroatoms. The molecule has 2 N–H and O–H groups in total. The molecule has 2 rings (SSSR count). The van der Waals surface area contributed by atoms with Crippen LogP contribution < -0.4 is 10.9 Å². The van der Waals surface area contributed by atoms with Crippen molar-refractivity contribution in [1.82, 2.24) is 10.9 Å². The van der Waals surface area contributed by atoms with Crippen molar-refractivity contribution in [2.24, 2.45) is 10.2 Å². The third-order valence-electron chi connectivity index (χ3n) is 2.47. The first-order valence-electron chi connectivity index (χ1n) is 6.42. The zero-order chi connectivity index (χ0) is 15.6. The fraction of sp³-hybridized carbons (Fsp3) is 0.143. The van der Waals surface area contributed by atoms with E-state index in [1.54, 1.807) is 35.1 Å². The number of carbonyl (C=O) groups is 2. The van der Waals surface area contributed by atoms with Gasteiger partial charge in [-0.25, -0.2) is 10.9 Å². The highest BCUT2D eigenvalue weighted by atomic mass is 32.1. The maximum Gasteiger partial charge on any atom is 0.240 e. The van der Waals surface area contributed by atoms with Gasteiger partial charge in [-0.05, 0) is 33.7 Å². The topological polar surface area (TPSA) is 82.9 Å². The van der Waals surface area contributed by atoms with Gasteiger partial charge in [-0.2, -0.15) is 32.9 Å². The highest BCUT2D eigenvalue weighted by Crippen LogP contribution is 2.02. The van der Waals surface area contributed by atoms with Gasteiger partial charge >= 0.3 is 0 Å². The van der Waals surface area contributed by atoms with Crippen LogP contribution in [0.5, 0.6) is 0 Å². The summed E-state index contributed by atoms with van der Waals surface area (Å²) >= 11 is 3.10. The number of nitrogens with one attached hydrogen (secondary N) is 2. The lowest BCUT2D eigenvalue weighted by atomic mass is 10.3. The highest BCUT2D eigenvalue weighted by molar-refractivity contribution is 7.08. The Morgan fingerprint density at radius 3 is 1.73 bits per heavy atom. The summed E-state index contributed by atoms with van der Waals surface area (Å²) in [5.74, 6) is -0.633. The van der Waals surface area contributed by atoms with Gasteiger partial charge in [-0.1, -0.05) is 0 Å². The SMILES string of the molecule is O=C(CCC(=O)NN=Cc1ccsc1)NN=Cc1ccsc1. The molecule has 22 heavy (non-hydrogen) atoms. The predicted octanol–water partition coefficient (Wildman–Crippen LogP) is 2.19. The van der Waals surface area contributed by atoms with Gasteiger partial charge in [0, 0.05) is 24.0 Å². The maximum atomic E-state index is 11.5. The summed E-state index contributed by atoms with van der Waals surface area (Å²) in [7, 11) is 0. The van der Waals surface area contributed by atoms with Crippen molar-refractivity contribution in [3.05, 3.63) is 44.8 Å². The molecule has 2 aromatic rings. The summed E-state index contributed by atoms with van der Waals surface area (Å²) < 4.78 is 0. The molecule has 114 valence electrons. The molecule has 0 aliphatic carbocycles. The Balaban J connectivity index is 1.62. The molecule has 0 radical (unpaired) electrons. The standard InChI is InChI=1S/C14H14N4O2S2/c19-13(17-15-7-11-3-5-21-9-11)1-2-14(20)18-16-8-12-4-6-22-10-12/h3-10H,1-2H2,(H,17,19)(H,18,20). The molecule has 2 heterocycles. The maximum absolute atomic E-state index is 11.5. The molecule has 0 aliphatic heterocycles. The minimum absolute atomic E-state index is 0.0563. The van der Waals surface area contributed by atoms with E-state index in [2.05, 4.69) is 21.1 Å². The number of rotatable bonds is 7. The van der Waals surface area contributed by atoms with Gasteiger partial charge < -0.3 is 0 Å². The smallest absolute Gasteiger partial charge is 0.240 e. The van der Waals surface area contributed by atoms with E-state index in [0.717, 1.165) is 11.1 Å². The Bertz CT molecular complexity index is 590. The molecule has 2 amide bonds. The number of amides is 2. The predicted molar refractivity (Wildman–Crippen MR) is 89.3 cm³/mol. The molecule has 6 nitrogen and oxygen atoms in total. The van der Waals surface area contributed by atoms with E-state index in [4.69, 9.17) is 0 Å². The van der Waals surface area contributed by atoms with Crippen molar-refractivity contribution >= 4 is 46.9 Å². The third kappa shape index (κ3) is 5.98. The zero-order valence-corrected chi connectivity index (χ0v) is 13.2. The van der Waals surface area contributed by atoms with Crippen molar-refractivity contribution in [2.45, 2.75) is 12.8 Å². The Labute approximate surface area is 135 Å². The molecule has 0 saturated heterocycles. The van der Waals surface area contributed by atoms with Crippen LogP contribution in [0, 0.1) is 0 Å². The van der Waals surface area contributed by atoms with Crippen LogP contribution in [-0.4, -0.2) is 24.2 Å². The van der Waals surface area contributed by atoms with Gasteiger partial charge in [0.05, 0.1) is 12.4 Å². The Morgan fingerprint density at radius 2 is 1.36 bits per heavy atom. The van der Waals surface area contributed by atoms with Gasteiger partial charge in [0.15, 0.2) is 0 Å². The highest BCUT2D eigenvalue weighted by Gasteiger charge is 2.05. The number of hydrogen-bond donors (Lipinski definition) is 2. The third-order valence-corrected chi connectivity index (χ3v) is 3.87. The Hall–Kier alpha value is -2.32. The minimum atomic E-state index is -0.316. The summed E-state index contributed by atoms with van der Waals surface area (Å²) in [4.78, 5) is 23.0. The van der Waals surface area contributed by atoms with Gasteiger partial charge in [-0.15, -0.1) is 0 Å². The number of thiophene rings is 2. The number of hydrazone groups is 2. The van der Waals surface area contributed by atoms with Crippen LogP contribution in [0.2, 0.25) is 0 Å². The van der Waals surface area contributed by atoms with Crippen molar-refractivity contribution in [1.29, 1.82) is 0 Å². The van der Waals surface area contributed by atoms with Crippen LogP contribution in [0.15, 0.2) is 43.9 Å². The molecule has 0 aliphatic rings. The molecule has 0 spiro atoms. The van der Waals surface area contributed by atoms with Crippen LogP contribution in [0.1, 0.15) is 24.0 Å². The molecule has 0 saturated carbocycles. The van der Waals surface area contributed by atoms with E-state index in [-0.39, 0.29) is 24.7 Å².